The third-order valence-electron chi connectivity index (χ3n) is 3.16. The van der Waals surface area contributed by atoms with Gasteiger partial charge in [-0.1, -0.05) is 12.1 Å². The SMILES string of the molecule is Nc1ccc(-c2cccs2)cc1NC(=O)c1ncccc1N. The van der Waals surface area contributed by atoms with Crippen molar-refractivity contribution in [3.63, 3.8) is 0 Å². The van der Waals surface area contributed by atoms with E-state index in [0.717, 1.165) is 10.4 Å². The van der Waals surface area contributed by atoms with E-state index in [1.54, 1.807) is 29.5 Å². The van der Waals surface area contributed by atoms with Gasteiger partial charge in [-0.05, 0) is 41.3 Å². The molecule has 0 bridgehead atoms. The van der Waals surface area contributed by atoms with Crippen LogP contribution in [-0.2, 0) is 0 Å². The Bertz CT molecular complexity index is 815. The molecule has 3 aromatic rings. The van der Waals surface area contributed by atoms with E-state index >= 15 is 0 Å². The van der Waals surface area contributed by atoms with Crippen molar-refractivity contribution < 1.29 is 4.79 Å². The number of hydrogen-bond donors (Lipinski definition) is 3. The van der Waals surface area contributed by atoms with E-state index in [9.17, 15) is 4.79 Å². The van der Waals surface area contributed by atoms with E-state index in [2.05, 4.69) is 10.3 Å². The molecule has 0 radical (unpaired) electrons. The lowest BCUT2D eigenvalue weighted by molar-refractivity contribution is 0.102. The van der Waals surface area contributed by atoms with Gasteiger partial charge in [-0.25, -0.2) is 4.98 Å². The highest BCUT2D eigenvalue weighted by Crippen LogP contribution is 2.30. The smallest absolute Gasteiger partial charge is 0.276 e. The fourth-order valence-corrected chi connectivity index (χ4v) is 2.77. The van der Waals surface area contributed by atoms with Crippen LogP contribution < -0.4 is 16.8 Å². The number of aromatic nitrogens is 1. The second-order valence-electron chi connectivity index (χ2n) is 4.67. The summed E-state index contributed by atoms with van der Waals surface area (Å²) in [4.78, 5) is 17.4. The number of amides is 1. The first-order valence-corrected chi connectivity index (χ1v) is 7.48. The van der Waals surface area contributed by atoms with Crippen LogP contribution in [0.5, 0.6) is 0 Å². The van der Waals surface area contributed by atoms with E-state index < -0.39 is 0 Å². The zero-order valence-electron chi connectivity index (χ0n) is 11.6. The molecule has 1 aromatic carbocycles. The van der Waals surface area contributed by atoms with E-state index in [1.165, 1.54) is 6.20 Å². The van der Waals surface area contributed by atoms with Crippen molar-refractivity contribution >= 4 is 34.3 Å². The molecule has 0 saturated heterocycles. The predicted octanol–water partition coefficient (Wildman–Crippen LogP) is 3.23. The van der Waals surface area contributed by atoms with Gasteiger partial charge < -0.3 is 16.8 Å². The number of nitrogens with zero attached hydrogens (tertiary/aromatic N) is 1. The Balaban J connectivity index is 1.91. The normalized spacial score (nSPS) is 10.4. The number of carbonyl (C=O) groups is 1. The van der Waals surface area contributed by atoms with Crippen molar-refractivity contribution in [1.82, 2.24) is 4.98 Å². The first-order valence-electron chi connectivity index (χ1n) is 6.60. The van der Waals surface area contributed by atoms with Crippen molar-refractivity contribution in [2.24, 2.45) is 0 Å². The molecule has 0 unspecified atom stereocenters. The molecule has 22 heavy (non-hydrogen) atoms. The number of pyridine rings is 1. The Labute approximate surface area is 131 Å². The summed E-state index contributed by atoms with van der Waals surface area (Å²) < 4.78 is 0. The summed E-state index contributed by atoms with van der Waals surface area (Å²) in [5, 5.41) is 4.77. The summed E-state index contributed by atoms with van der Waals surface area (Å²) in [6.07, 6.45) is 1.52. The zero-order chi connectivity index (χ0) is 15.5. The Morgan fingerprint density at radius 3 is 2.68 bits per heavy atom. The van der Waals surface area contributed by atoms with Gasteiger partial charge in [0.2, 0.25) is 0 Å². The van der Waals surface area contributed by atoms with Crippen LogP contribution in [-0.4, -0.2) is 10.9 Å². The number of thiophene rings is 1. The van der Waals surface area contributed by atoms with Gasteiger partial charge in [-0.15, -0.1) is 11.3 Å². The molecule has 5 N–H and O–H groups in total. The lowest BCUT2D eigenvalue weighted by Gasteiger charge is -2.10. The maximum atomic E-state index is 12.3. The molecule has 2 aromatic heterocycles. The minimum Gasteiger partial charge on any atom is -0.397 e. The Morgan fingerprint density at radius 2 is 1.95 bits per heavy atom. The number of hydrogen-bond acceptors (Lipinski definition) is 5. The summed E-state index contributed by atoms with van der Waals surface area (Å²) >= 11 is 1.62. The molecule has 0 saturated carbocycles. The van der Waals surface area contributed by atoms with E-state index in [1.807, 2.05) is 29.6 Å². The molecule has 0 fully saturated rings. The minimum atomic E-state index is -0.381. The summed E-state index contributed by atoms with van der Waals surface area (Å²) in [6.45, 7) is 0. The van der Waals surface area contributed by atoms with Crippen LogP contribution >= 0.6 is 11.3 Å². The molecule has 0 aliphatic heterocycles. The number of anilines is 3. The van der Waals surface area contributed by atoms with Crippen LogP contribution in [0.25, 0.3) is 10.4 Å². The maximum absolute atomic E-state index is 12.3. The number of nitrogens with one attached hydrogen (secondary N) is 1. The van der Waals surface area contributed by atoms with E-state index in [-0.39, 0.29) is 11.6 Å². The first kappa shape index (κ1) is 14.1. The number of nitrogen functional groups attached to an aromatic ring is 2. The average Bonchev–Trinajstić information content (AvgIpc) is 3.04. The van der Waals surface area contributed by atoms with Gasteiger partial charge in [-0.2, -0.15) is 0 Å². The fraction of sp³-hybridized carbons (Fsp3) is 0. The molecular weight excluding hydrogens is 296 g/mol. The van der Waals surface area contributed by atoms with Gasteiger partial charge in [0, 0.05) is 11.1 Å². The monoisotopic (exact) mass is 310 g/mol. The highest BCUT2D eigenvalue weighted by atomic mass is 32.1. The molecular formula is C16H14N4OS. The quantitative estimate of drug-likeness (QED) is 0.647. The topological polar surface area (TPSA) is 94.0 Å². The summed E-state index contributed by atoms with van der Waals surface area (Å²) in [5.74, 6) is -0.381. The highest BCUT2D eigenvalue weighted by molar-refractivity contribution is 7.13. The molecule has 2 heterocycles. The van der Waals surface area contributed by atoms with E-state index in [0.29, 0.717) is 17.1 Å². The molecule has 3 rings (SSSR count). The zero-order valence-corrected chi connectivity index (χ0v) is 12.4. The van der Waals surface area contributed by atoms with Crippen LogP contribution in [0.3, 0.4) is 0 Å². The van der Waals surface area contributed by atoms with Gasteiger partial charge >= 0.3 is 0 Å². The van der Waals surface area contributed by atoms with Crippen LogP contribution in [0.2, 0.25) is 0 Å². The number of rotatable bonds is 3. The number of carbonyl (C=O) groups excluding carboxylic acids is 1. The lowest BCUT2D eigenvalue weighted by atomic mass is 10.1. The van der Waals surface area contributed by atoms with Crippen molar-refractivity contribution in [3.8, 4) is 10.4 Å². The average molecular weight is 310 g/mol. The molecule has 0 aliphatic carbocycles. The van der Waals surface area contributed by atoms with Gasteiger partial charge in [0.1, 0.15) is 0 Å². The lowest BCUT2D eigenvalue weighted by Crippen LogP contribution is -2.16. The van der Waals surface area contributed by atoms with Crippen LogP contribution in [0, 0.1) is 0 Å². The van der Waals surface area contributed by atoms with Gasteiger partial charge in [0.05, 0.1) is 17.1 Å². The molecule has 6 heteroatoms. The molecule has 0 spiro atoms. The minimum absolute atomic E-state index is 0.184. The predicted molar refractivity (Wildman–Crippen MR) is 90.8 cm³/mol. The Morgan fingerprint density at radius 1 is 1.09 bits per heavy atom. The summed E-state index contributed by atoms with van der Waals surface area (Å²) in [6, 6.07) is 12.8. The van der Waals surface area contributed by atoms with Crippen molar-refractivity contribution in [2.45, 2.75) is 0 Å². The second-order valence-corrected chi connectivity index (χ2v) is 5.62. The Kier molecular flexibility index (Phi) is 3.76. The highest BCUT2D eigenvalue weighted by Gasteiger charge is 2.13. The van der Waals surface area contributed by atoms with Crippen LogP contribution in [0.1, 0.15) is 10.5 Å². The first-order chi connectivity index (χ1) is 10.6. The van der Waals surface area contributed by atoms with Gasteiger partial charge in [0.15, 0.2) is 5.69 Å². The van der Waals surface area contributed by atoms with Crippen molar-refractivity contribution in [3.05, 3.63) is 59.7 Å². The van der Waals surface area contributed by atoms with Crippen LogP contribution in [0.4, 0.5) is 17.1 Å². The summed E-state index contributed by atoms with van der Waals surface area (Å²) in [7, 11) is 0. The van der Waals surface area contributed by atoms with Gasteiger partial charge in [0.25, 0.3) is 5.91 Å². The molecule has 0 atom stereocenters. The Hall–Kier alpha value is -2.86. The second kappa shape index (κ2) is 5.87. The van der Waals surface area contributed by atoms with Gasteiger partial charge in [-0.3, -0.25) is 4.79 Å². The number of benzene rings is 1. The largest absolute Gasteiger partial charge is 0.397 e. The van der Waals surface area contributed by atoms with E-state index in [4.69, 9.17) is 11.5 Å². The number of nitrogens with two attached hydrogens (primary N) is 2. The molecule has 1 amide bonds. The molecule has 0 aliphatic rings. The molecule has 110 valence electrons. The van der Waals surface area contributed by atoms with Crippen molar-refractivity contribution in [1.29, 1.82) is 0 Å². The van der Waals surface area contributed by atoms with Crippen molar-refractivity contribution in [2.75, 3.05) is 16.8 Å². The summed E-state index contributed by atoms with van der Waals surface area (Å²) in [5.41, 5.74) is 14.2. The fourth-order valence-electron chi connectivity index (χ4n) is 2.05. The third-order valence-corrected chi connectivity index (χ3v) is 4.08. The maximum Gasteiger partial charge on any atom is 0.276 e. The van der Waals surface area contributed by atoms with Crippen LogP contribution in [0.15, 0.2) is 54.0 Å². The molecule has 5 nitrogen and oxygen atoms in total. The third kappa shape index (κ3) is 2.77. The standard InChI is InChI=1S/C16H14N4OS/c17-11-6-5-10(14-4-2-8-22-14)9-13(11)20-16(21)15-12(18)3-1-7-19-15/h1-9H,17-18H2,(H,20,21).